The molecule has 0 aliphatic carbocycles. The highest BCUT2D eigenvalue weighted by Crippen LogP contribution is 2.24. The third-order valence-corrected chi connectivity index (χ3v) is 4.26. The average molecular weight is 351 g/mol. The lowest BCUT2D eigenvalue weighted by atomic mass is 10.0. The van der Waals surface area contributed by atoms with Crippen molar-refractivity contribution in [1.29, 1.82) is 0 Å². The maximum Gasteiger partial charge on any atom is 0.0670 e. The van der Waals surface area contributed by atoms with Gasteiger partial charge in [-0.3, -0.25) is 9.58 Å². The van der Waals surface area contributed by atoms with Gasteiger partial charge in [0, 0.05) is 36.4 Å². The molecule has 21 heavy (non-hydrogen) atoms. The van der Waals surface area contributed by atoms with Gasteiger partial charge in [-0.05, 0) is 31.2 Å². The second-order valence-electron chi connectivity index (χ2n) is 5.35. The van der Waals surface area contributed by atoms with Crippen LogP contribution in [0, 0.1) is 0 Å². The first-order valence-corrected chi connectivity index (χ1v) is 8.01. The predicted molar refractivity (Wildman–Crippen MR) is 90.0 cm³/mol. The Balaban J connectivity index is 2.17. The number of aromatic nitrogens is 2. The predicted octanol–water partition coefficient (Wildman–Crippen LogP) is 2.88. The van der Waals surface area contributed by atoms with Crippen LogP contribution in [0.2, 0.25) is 0 Å². The van der Waals surface area contributed by atoms with Crippen LogP contribution in [0.1, 0.15) is 29.8 Å². The van der Waals surface area contributed by atoms with Crippen LogP contribution >= 0.6 is 15.9 Å². The van der Waals surface area contributed by atoms with Gasteiger partial charge < -0.3 is 5.73 Å². The summed E-state index contributed by atoms with van der Waals surface area (Å²) >= 11 is 3.47. The van der Waals surface area contributed by atoms with Crippen molar-refractivity contribution < 1.29 is 0 Å². The first kappa shape index (κ1) is 16.2. The first-order valence-electron chi connectivity index (χ1n) is 7.22. The first-order chi connectivity index (χ1) is 10.0. The van der Waals surface area contributed by atoms with Gasteiger partial charge in [0.25, 0.3) is 0 Å². The maximum atomic E-state index is 6.03. The Hall–Kier alpha value is -1.17. The highest BCUT2D eigenvalue weighted by Gasteiger charge is 2.20. The molecule has 1 aromatic carbocycles. The van der Waals surface area contributed by atoms with E-state index in [1.165, 1.54) is 11.1 Å². The van der Waals surface area contributed by atoms with Crippen molar-refractivity contribution in [1.82, 2.24) is 14.7 Å². The average Bonchev–Trinajstić information content (AvgIpc) is 2.83. The van der Waals surface area contributed by atoms with E-state index >= 15 is 0 Å². The molecule has 5 heteroatoms. The zero-order valence-corrected chi connectivity index (χ0v) is 14.5. The van der Waals surface area contributed by atoms with Crippen LogP contribution in [0.25, 0.3) is 0 Å². The molecular weight excluding hydrogens is 328 g/mol. The Morgan fingerprint density at radius 3 is 2.57 bits per heavy atom. The highest BCUT2D eigenvalue weighted by atomic mass is 79.9. The lowest BCUT2D eigenvalue weighted by Crippen LogP contribution is -2.30. The highest BCUT2D eigenvalue weighted by molar-refractivity contribution is 9.10. The fourth-order valence-corrected chi connectivity index (χ4v) is 2.90. The molecule has 2 aromatic rings. The van der Waals surface area contributed by atoms with Crippen LogP contribution in [-0.4, -0.2) is 28.3 Å². The summed E-state index contributed by atoms with van der Waals surface area (Å²) < 4.78 is 2.98. The van der Waals surface area contributed by atoms with Crippen molar-refractivity contribution >= 4 is 15.9 Å². The van der Waals surface area contributed by atoms with Gasteiger partial charge in [0.15, 0.2) is 0 Å². The molecule has 0 spiro atoms. The third kappa shape index (κ3) is 3.93. The number of nitrogens with zero attached hydrogens (tertiary/aromatic N) is 3. The van der Waals surface area contributed by atoms with Crippen molar-refractivity contribution in [2.75, 3.05) is 13.6 Å². The lowest BCUT2D eigenvalue weighted by molar-refractivity contribution is 0.240. The van der Waals surface area contributed by atoms with Crippen molar-refractivity contribution in [2.24, 2.45) is 12.8 Å². The van der Waals surface area contributed by atoms with Crippen LogP contribution in [0.3, 0.4) is 0 Å². The van der Waals surface area contributed by atoms with Crippen LogP contribution < -0.4 is 5.73 Å². The Kier molecular flexibility index (Phi) is 5.56. The number of nitrogens with two attached hydrogens (primary N) is 1. The van der Waals surface area contributed by atoms with Gasteiger partial charge in [0.2, 0.25) is 0 Å². The zero-order chi connectivity index (χ0) is 15.4. The smallest absolute Gasteiger partial charge is 0.0670 e. The molecule has 4 nitrogen and oxygen atoms in total. The van der Waals surface area contributed by atoms with E-state index in [0.29, 0.717) is 6.54 Å². The van der Waals surface area contributed by atoms with E-state index in [0.717, 1.165) is 23.1 Å². The molecule has 1 atom stereocenters. The fourth-order valence-electron chi connectivity index (χ4n) is 2.64. The number of rotatable bonds is 6. The summed E-state index contributed by atoms with van der Waals surface area (Å²) in [4.78, 5) is 2.29. The van der Waals surface area contributed by atoms with Crippen molar-refractivity contribution in [3.8, 4) is 0 Å². The van der Waals surface area contributed by atoms with Crippen LogP contribution in [-0.2, 0) is 20.0 Å². The Bertz CT molecular complexity index is 576. The molecule has 0 amide bonds. The molecule has 0 radical (unpaired) electrons. The number of likely N-dealkylation sites (N-methyl/N-ethyl adjacent to an activating group) is 1. The summed E-state index contributed by atoms with van der Waals surface area (Å²) in [5.41, 5.74) is 9.68. The molecule has 0 aliphatic rings. The number of aryl methyl sites for hydroxylation is 2. The molecule has 114 valence electrons. The van der Waals surface area contributed by atoms with E-state index in [4.69, 9.17) is 5.73 Å². The largest absolute Gasteiger partial charge is 0.329 e. The maximum absolute atomic E-state index is 6.03. The molecule has 2 N–H and O–H groups in total. The third-order valence-electron chi connectivity index (χ3n) is 3.73. The minimum absolute atomic E-state index is 0.192. The van der Waals surface area contributed by atoms with Gasteiger partial charge in [-0.1, -0.05) is 35.0 Å². The fraction of sp³-hybridized carbons (Fsp3) is 0.438. The van der Waals surface area contributed by atoms with E-state index in [9.17, 15) is 0 Å². The summed E-state index contributed by atoms with van der Waals surface area (Å²) in [6, 6.07) is 8.61. The number of benzene rings is 1. The van der Waals surface area contributed by atoms with Gasteiger partial charge in [0.05, 0.1) is 11.7 Å². The normalized spacial score (nSPS) is 12.9. The summed E-state index contributed by atoms with van der Waals surface area (Å²) in [6.07, 6.45) is 3.02. The molecule has 0 saturated carbocycles. The van der Waals surface area contributed by atoms with E-state index in [1.54, 1.807) is 0 Å². The number of hydrogen-bond acceptors (Lipinski definition) is 3. The van der Waals surface area contributed by atoms with Crippen LogP contribution in [0.15, 0.2) is 34.9 Å². The molecular formula is C16H23BrN4. The van der Waals surface area contributed by atoms with Crippen molar-refractivity contribution in [3.05, 3.63) is 51.8 Å². The van der Waals surface area contributed by atoms with Crippen molar-refractivity contribution in [2.45, 2.75) is 25.9 Å². The van der Waals surface area contributed by atoms with Gasteiger partial charge in [0.1, 0.15) is 0 Å². The molecule has 2 rings (SSSR count). The summed E-state index contributed by atoms with van der Waals surface area (Å²) in [5, 5.41) is 4.53. The van der Waals surface area contributed by atoms with E-state index in [1.807, 2.05) is 11.7 Å². The lowest BCUT2D eigenvalue weighted by Gasteiger charge is -2.27. The minimum Gasteiger partial charge on any atom is -0.329 e. The Labute approximate surface area is 135 Å². The van der Waals surface area contributed by atoms with Gasteiger partial charge in [-0.25, -0.2) is 0 Å². The molecule has 1 aromatic heterocycles. The minimum atomic E-state index is 0.192. The van der Waals surface area contributed by atoms with E-state index < -0.39 is 0 Å². The molecule has 1 heterocycles. The Morgan fingerprint density at radius 2 is 2.00 bits per heavy atom. The van der Waals surface area contributed by atoms with Gasteiger partial charge in [-0.15, -0.1) is 0 Å². The van der Waals surface area contributed by atoms with E-state index in [2.05, 4.69) is 70.4 Å². The molecule has 0 fully saturated rings. The monoisotopic (exact) mass is 350 g/mol. The topological polar surface area (TPSA) is 47.1 Å². The molecule has 1 unspecified atom stereocenters. The zero-order valence-electron chi connectivity index (χ0n) is 12.9. The SMILES string of the molecule is CCc1nn(C)cc1C(CN)N(C)Cc1ccc(Br)cc1. The number of halogens is 1. The van der Waals surface area contributed by atoms with Gasteiger partial charge >= 0.3 is 0 Å². The molecule has 0 bridgehead atoms. The second kappa shape index (κ2) is 7.20. The number of hydrogen-bond donors (Lipinski definition) is 1. The second-order valence-corrected chi connectivity index (χ2v) is 6.27. The standard InChI is InChI=1S/C16H23BrN4/c1-4-15-14(11-21(3)19-15)16(9-18)20(2)10-12-5-7-13(17)8-6-12/h5-8,11,16H,4,9-10,18H2,1-3H3. The summed E-state index contributed by atoms with van der Waals surface area (Å²) in [6.45, 7) is 3.59. The van der Waals surface area contributed by atoms with Crippen LogP contribution in [0.5, 0.6) is 0 Å². The molecule has 0 saturated heterocycles. The Morgan fingerprint density at radius 1 is 1.33 bits per heavy atom. The summed E-state index contributed by atoms with van der Waals surface area (Å²) in [7, 11) is 4.08. The van der Waals surface area contributed by atoms with Gasteiger partial charge in [-0.2, -0.15) is 5.10 Å². The van der Waals surface area contributed by atoms with Crippen molar-refractivity contribution in [3.63, 3.8) is 0 Å². The molecule has 0 aliphatic heterocycles. The summed E-state index contributed by atoms with van der Waals surface area (Å²) in [5.74, 6) is 0. The quantitative estimate of drug-likeness (QED) is 0.871. The van der Waals surface area contributed by atoms with Crippen LogP contribution in [0.4, 0.5) is 0 Å². The van der Waals surface area contributed by atoms with E-state index in [-0.39, 0.29) is 6.04 Å².